The molecule has 0 saturated heterocycles. The van der Waals surface area contributed by atoms with E-state index in [4.69, 9.17) is 5.11 Å². The van der Waals surface area contributed by atoms with Gasteiger partial charge in [0.2, 0.25) is 0 Å². The van der Waals surface area contributed by atoms with Gasteiger partial charge in [-0.1, -0.05) is 11.6 Å². The van der Waals surface area contributed by atoms with Crippen molar-refractivity contribution in [3.8, 4) is 0 Å². The van der Waals surface area contributed by atoms with Crippen molar-refractivity contribution in [3.05, 3.63) is 46.0 Å². The smallest absolute Gasteiger partial charge is 0.339 e. The van der Waals surface area contributed by atoms with Crippen LogP contribution < -0.4 is 10.7 Å². The molecule has 2 aliphatic carbocycles. The highest BCUT2D eigenvalue weighted by molar-refractivity contribution is 5.89. The van der Waals surface area contributed by atoms with Gasteiger partial charge in [0.1, 0.15) is 0 Å². The summed E-state index contributed by atoms with van der Waals surface area (Å²) in [6.07, 6.45) is 9.99. The number of aliphatic carboxylic acids is 1. The largest absolute Gasteiger partial charge is 0.481 e. The van der Waals surface area contributed by atoms with E-state index in [1.165, 1.54) is 29.8 Å². The number of carbonyl (C=O) groups excluding carboxylic acids is 1. The van der Waals surface area contributed by atoms with Gasteiger partial charge < -0.3 is 10.4 Å². The van der Waals surface area contributed by atoms with Gasteiger partial charge in [-0.25, -0.2) is 10.2 Å². The number of nitrogens with zero attached hydrogens (tertiary/aromatic N) is 2. The van der Waals surface area contributed by atoms with Crippen LogP contribution in [0.2, 0.25) is 0 Å². The van der Waals surface area contributed by atoms with Crippen LogP contribution in [0.1, 0.15) is 44.9 Å². The molecule has 9 heteroatoms. The molecule has 160 valence electrons. The van der Waals surface area contributed by atoms with Crippen LogP contribution in [0.3, 0.4) is 0 Å². The van der Waals surface area contributed by atoms with Gasteiger partial charge in [0.05, 0.1) is 4.92 Å². The number of urea groups is 1. The number of carbonyl (C=O) groups is 2. The minimum absolute atomic E-state index is 0.0402. The predicted octanol–water partition coefficient (Wildman–Crippen LogP) is 4.32. The number of hydrazone groups is 1. The molecule has 2 aliphatic rings. The van der Waals surface area contributed by atoms with Crippen LogP contribution in [0.15, 0.2) is 41.0 Å². The molecule has 0 unspecified atom stereocenters. The van der Waals surface area contributed by atoms with Gasteiger partial charge in [0, 0.05) is 30.5 Å². The first-order chi connectivity index (χ1) is 14.4. The Labute approximate surface area is 174 Å². The normalized spacial score (nSPS) is 24.1. The Morgan fingerprint density at radius 3 is 2.70 bits per heavy atom. The molecule has 0 aliphatic heterocycles. The number of hydrogen-bond acceptors (Lipinski definition) is 5. The molecule has 2 saturated carbocycles. The number of fused-ring (bicyclic) bond motifs is 1. The number of nitro benzene ring substituents is 1. The second-order valence-electron chi connectivity index (χ2n) is 7.87. The lowest BCUT2D eigenvalue weighted by Gasteiger charge is -2.13. The molecule has 0 bridgehead atoms. The summed E-state index contributed by atoms with van der Waals surface area (Å²) in [4.78, 5) is 32.7. The topological polar surface area (TPSA) is 134 Å². The number of nitro groups is 1. The van der Waals surface area contributed by atoms with Crippen molar-refractivity contribution >= 4 is 29.6 Å². The summed E-state index contributed by atoms with van der Waals surface area (Å²) in [7, 11) is 0. The van der Waals surface area contributed by atoms with Crippen LogP contribution in [-0.2, 0) is 4.79 Å². The lowest BCUT2D eigenvalue weighted by Crippen LogP contribution is -2.25. The Kier molecular flexibility index (Phi) is 7.16. The Balaban J connectivity index is 1.44. The number of amides is 2. The predicted molar refractivity (Wildman–Crippen MR) is 112 cm³/mol. The van der Waals surface area contributed by atoms with E-state index in [9.17, 15) is 19.7 Å². The molecule has 9 nitrogen and oxygen atoms in total. The first kappa shape index (κ1) is 21.5. The third-order valence-electron chi connectivity index (χ3n) is 5.84. The summed E-state index contributed by atoms with van der Waals surface area (Å²) < 4.78 is 0. The molecule has 0 radical (unpaired) electrons. The standard InChI is InChI=1S/C21H26N4O5/c26-20(27)4-2-1-3-14-11-15-5-6-16(19(15)12-14)13-22-24-21(28)23-17-7-9-18(10-8-17)25(29)30/h3,7-10,13,15-16,19H,1-2,4-6,11-12H2,(H,26,27)(H2,23,24,28)/b14-3-,22-13+/t15-,16-,19+/m1/s1. The molecule has 1 aromatic rings. The summed E-state index contributed by atoms with van der Waals surface area (Å²) >= 11 is 0. The lowest BCUT2D eigenvalue weighted by molar-refractivity contribution is -0.384. The van der Waals surface area contributed by atoms with Crippen LogP contribution in [-0.4, -0.2) is 28.2 Å². The Morgan fingerprint density at radius 2 is 2.00 bits per heavy atom. The van der Waals surface area contributed by atoms with Gasteiger partial charge in [-0.05, 0) is 68.4 Å². The first-order valence-electron chi connectivity index (χ1n) is 10.2. The maximum Gasteiger partial charge on any atom is 0.339 e. The second kappa shape index (κ2) is 10.00. The van der Waals surface area contributed by atoms with E-state index in [-0.39, 0.29) is 12.1 Å². The van der Waals surface area contributed by atoms with Crippen LogP contribution in [0, 0.1) is 27.9 Å². The number of non-ortho nitro benzene ring substituents is 1. The van der Waals surface area contributed by atoms with E-state index >= 15 is 0 Å². The number of rotatable bonds is 8. The zero-order chi connectivity index (χ0) is 21.5. The average molecular weight is 414 g/mol. The van der Waals surface area contributed by atoms with Crippen molar-refractivity contribution < 1.29 is 19.6 Å². The lowest BCUT2D eigenvalue weighted by atomic mass is 9.93. The fraction of sp³-hybridized carbons (Fsp3) is 0.476. The van der Waals surface area contributed by atoms with E-state index in [1.54, 1.807) is 0 Å². The molecule has 0 heterocycles. The molecule has 0 spiro atoms. The van der Waals surface area contributed by atoms with Crippen molar-refractivity contribution in [3.63, 3.8) is 0 Å². The molecule has 1 aromatic carbocycles. The molecular weight excluding hydrogens is 388 g/mol. The highest BCUT2D eigenvalue weighted by Crippen LogP contribution is 2.49. The van der Waals surface area contributed by atoms with Gasteiger partial charge in [-0.3, -0.25) is 14.9 Å². The van der Waals surface area contributed by atoms with Gasteiger partial charge in [-0.2, -0.15) is 5.10 Å². The molecule has 3 atom stereocenters. The number of hydrogen-bond donors (Lipinski definition) is 3. The van der Waals surface area contributed by atoms with Crippen LogP contribution in [0.5, 0.6) is 0 Å². The molecule has 3 N–H and O–H groups in total. The highest BCUT2D eigenvalue weighted by Gasteiger charge is 2.40. The SMILES string of the molecule is O=C(O)CCC/C=C1/C[C@H]2CC[C@H](/C=N/NC(=O)Nc3ccc([N+](=O)[O-])cc3)[C@H]2C1. The number of anilines is 1. The van der Waals surface area contributed by atoms with Gasteiger partial charge in [-0.15, -0.1) is 0 Å². The second-order valence-corrected chi connectivity index (χ2v) is 7.87. The van der Waals surface area contributed by atoms with Gasteiger partial charge in [0.15, 0.2) is 0 Å². The number of benzene rings is 1. The fourth-order valence-corrected chi connectivity index (χ4v) is 4.41. The van der Waals surface area contributed by atoms with Gasteiger partial charge >= 0.3 is 12.0 Å². The van der Waals surface area contributed by atoms with E-state index in [0.29, 0.717) is 29.9 Å². The summed E-state index contributed by atoms with van der Waals surface area (Å²) in [6, 6.07) is 5.08. The van der Waals surface area contributed by atoms with E-state index < -0.39 is 16.9 Å². The van der Waals surface area contributed by atoms with Gasteiger partial charge in [0.25, 0.3) is 5.69 Å². The number of allylic oxidation sites excluding steroid dienone is 2. The summed E-state index contributed by atoms with van der Waals surface area (Å²) in [5.74, 6) is 0.734. The Hall–Kier alpha value is -3.23. The highest BCUT2D eigenvalue weighted by atomic mass is 16.6. The van der Waals surface area contributed by atoms with Crippen molar-refractivity contribution in [2.24, 2.45) is 22.9 Å². The van der Waals surface area contributed by atoms with E-state index in [1.807, 2.05) is 6.21 Å². The molecule has 3 rings (SSSR count). The minimum Gasteiger partial charge on any atom is -0.481 e. The van der Waals surface area contributed by atoms with Crippen LogP contribution >= 0.6 is 0 Å². The van der Waals surface area contributed by atoms with E-state index in [0.717, 1.165) is 32.1 Å². The third kappa shape index (κ3) is 5.88. The molecular formula is C21H26N4O5. The average Bonchev–Trinajstić information content (AvgIpc) is 3.26. The quantitative estimate of drug-likeness (QED) is 0.191. The van der Waals surface area contributed by atoms with Crippen molar-refractivity contribution in [1.82, 2.24) is 5.43 Å². The number of unbranched alkanes of at least 4 members (excludes halogenated alkanes) is 1. The molecule has 2 amide bonds. The Morgan fingerprint density at radius 1 is 1.23 bits per heavy atom. The summed E-state index contributed by atoms with van der Waals surface area (Å²) in [5.41, 5.74) is 4.28. The summed E-state index contributed by atoms with van der Waals surface area (Å²) in [5, 5.41) is 26.0. The van der Waals surface area contributed by atoms with Crippen molar-refractivity contribution in [2.75, 3.05) is 5.32 Å². The van der Waals surface area contributed by atoms with Crippen molar-refractivity contribution in [2.45, 2.75) is 44.9 Å². The number of carboxylic acid groups (broad SMARTS) is 1. The fourth-order valence-electron chi connectivity index (χ4n) is 4.41. The van der Waals surface area contributed by atoms with E-state index in [2.05, 4.69) is 21.9 Å². The van der Waals surface area contributed by atoms with Crippen molar-refractivity contribution in [1.29, 1.82) is 0 Å². The molecule has 0 aromatic heterocycles. The van der Waals surface area contributed by atoms with Crippen LogP contribution in [0.25, 0.3) is 0 Å². The summed E-state index contributed by atoms with van der Waals surface area (Å²) in [6.45, 7) is 0. The monoisotopic (exact) mass is 414 g/mol. The number of nitrogens with one attached hydrogen (secondary N) is 2. The molecule has 30 heavy (non-hydrogen) atoms. The minimum atomic E-state index is -0.752. The molecule has 2 fully saturated rings. The first-order valence-corrected chi connectivity index (χ1v) is 10.2. The zero-order valence-corrected chi connectivity index (χ0v) is 16.6. The maximum absolute atomic E-state index is 12.0. The third-order valence-corrected chi connectivity index (χ3v) is 5.84. The zero-order valence-electron chi connectivity index (χ0n) is 16.6. The Bertz CT molecular complexity index is 849. The maximum atomic E-state index is 12.0. The number of carboxylic acids is 1. The van der Waals surface area contributed by atoms with Crippen LogP contribution in [0.4, 0.5) is 16.2 Å².